The molecule has 3 heterocycles. The molecule has 0 amide bonds. The number of carboxylic acid groups (broad SMARTS) is 1. The Bertz CT molecular complexity index is 1670. The molecule has 62 heavy (non-hydrogen) atoms. The van der Waals surface area contributed by atoms with Crippen molar-refractivity contribution in [1.82, 2.24) is 0 Å². The molecule has 1 N–H and O–H groups in total. The Morgan fingerprint density at radius 2 is 1.16 bits per heavy atom. The molecular formula is C50H80O12. The summed E-state index contributed by atoms with van der Waals surface area (Å²) in [5.41, 5.74) is -0.513. The van der Waals surface area contributed by atoms with Gasteiger partial charge in [0.1, 0.15) is 6.10 Å². The molecule has 0 aromatic heterocycles. The number of fused-ring (bicyclic) bond motifs is 3. The second-order valence-corrected chi connectivity index (χ2v) is 21.7. The lowest BCUT2D eigenvalue weighted by molar-refractivity contribution is -0.387. The molecule has 2 bridgehead atoms. The molecule has 4 aliphatic carbocycles. The molecule has 7 rings (SSSR count). The minimum atomic E-state index is -0.943. The summed E-state index contributed by atoms with van der Waals surface area (Å²) in [4.78, 5) is 38.2. The van der Waals surface area contributed by atoms with Crippen LogP contribution < -0.4 is 0 Å². The van der Waals surface area contributed by atoms with Crippen LogP contribution in [0.4, 0.5) is 0 Å². The molecular weight excluding hydrogens is 793 g/mol. The third-order valence-electron chi connectivity index (χ3n) is 18.4. The van der Waals surface area contributed by atoms with Crippen LogP contribution in [-0.2, 0) is 52.3 Å². The van der Waals surface area contributed by atoms with Gasteiger partial charge in [-0.15, -0.1) is 0 Å². The molecule has 4 saturated carbocycles. The van der Waals surface area contributed by atoms with E-state index in [1.807, 2.05) is 6.92 Å². The number of esters is 2. The molecule has 12 nitrogen and oxygen atoms in total. The SMILES string of the molecule is C=C1CC23CCC4[C@](C)(C(=O)O)CCC[C@@]4(C)[C@@H]2CCC1(OC1OC(CC)C(C)C(OC2OC(CC)C(C)C(C)C2OC(C)=O)C1OC1OC(CC)C(C)C(C)C1OC(C)=O)C3. The highest BCUT2D eigenvalue weighted by atomic mass is 16.8. The van der Waals surface area contributed by atoms with Crippen LogP contribution in [0.5, 0.6) is 0 Å². The van der Waals surface area contributed by atoms with E-state index < -0.39 is 72.2 Å². The van der Waals surface area contributed by atoms with Gasteiger partial charge in [0.2, 0.25) is 0 Å². The average Bonchev–Trinajstić information content (AvgIpc) is 3.41. The zero-order valence-electron chi connectivity index (χ0n) is 39.9. The zero-order chi connectivity index (χ0) is 45.3. The van der Waals surface area contributed by atoms with Crippen LogP contribution in [0.25, 0.3) is 0 Å². The first-order chi connectivity index (χ1) is 29.2. The Morgan fingerprint density at radius 3 is 1.68 bits per heavy atom. The van der Waals surface area contributed by atoms with Gasteiger partial charge in [-0.2, -0.15) is 0 Å². The predicted octanol–water partition coefficient (Wildman–Crippen LogP) is 9.40. The van der Waals surface area contributed by atoms with Gasteiger partial charge in [-0.25, -0.2) is 0 Å². The summed E-state index contributed by atoms with van der Waals surface area (Å²) in [5, 5.41) is 10.6. The molecule has 18 unspecified atom stereocenters. The Hall–Kier alpha value is -2.09. The lowest BCUT2D eigenvalue weighted by Gasteiger charge is -2.64. The molecule has 3 saturated heterocycles. The first kappa shape index (κ1) is 47.9. The summed E-state index contributed by atoms with van der Waals surface area (Å²) >= 11 is 0. The zero-order valence-corrected chi connectivity index (χ0v) is 39.9. The number of aliphatic carboxylic acids is 1. The number of ether oxygens (including phenoxy) is 8. The Labute approximate surface area is 371 Å². The predicted molar refractivity (Wildman–Crippen MR) is 231 cm³/mol. The lowest BCUT2D eigenvalue weighted by atomic mass is 9.41. The third-order valence-corrected chi connectivity index (χ3v) is 18.4. The van der Waals surface area contributed by atoms with Crippen molar-refractivity contribution in [3.63, 3.8) is 0 Å². The fourth-order valence-electron chi connectivity index (χ4n) is 14.6. The van der Waals surface area contributed by atoms with E-state index in [0.29, 0.717) is 12.3 Å². The summed E-state index contributed by atoms with van der Waals surface area (Å²) < 4.78 is 54.6. The summed E-state index contributed by atoms with van der Waals surface area (Å²) in [6, 6.07) is 0. The second-order valence-electron chi connectivity index (χ2n) is 21.7. The first-order valence-corrected chi connectivity index (χ1v) is 24.4. The molecule has 12 heteroatoms. The van der Waals surface area contributed by atoms with E-state index in [1.54, 1.807) is 0 Å². The summed E-state index contributed by atoms with van der Waals surface area (Å²) in [6.07, 6.45) is 3.80. The molecule has 0 radical (unpaired) electrons. The maximum Gasteiger partial charge on any atom is 0.309 e. The fourth-order valence-corrected chi connectivity index (χ4v) is 14.6. The van der Waals surface area contributed by atoms with Gasteiger partial charge in [-0.05, 0) is 118 Å². The monoisotopic (exact) mass is 873 g/mol. The standard InChI is InChI=1S/C50H80O12/c1-14-34-27(5)29(7)40(55-32(10)51)43(57-34)60-39-31(9)36(16-3)59-45(42(39)61-44-41(56-33(11)52)30(8)28(6)35(15-2)58-44)62-50-23-19-38-47(12)20-17-21-48(13,46(53)54)37(47)18-22-49(38,25-50)24-26(50)4/h27-31,34-45H,4,14-25H2,1-3,5-13H3,(H,53,54)/t27?,28?,29?,30?,31?,34?,35?,36?,37?,38-,39?,40?,41?,42?,43?,44?,45?,47+,48+,49?,50?/m0/s1. The van der Waals surface area contributed by atoms with Crippen LogP contribution in [0.2, 0.25) is 0 Å². The van der Waals surface area contributed by atoms with E-state index in [9.17, 15) is 19.5 Å². The normalized spacial score (nSPS) is 50.3. The topological polar surface area (TPSA) is 145 Å². The van der Waals surface area contributed by atoms with Gasteiger partial charge in [0, 0.05) is 31.6 Å². The first-order valence-electron chi connectivity index (χ1n) is 24.4. The number of hydrogen-bond donors (Lipinski definition) is 1. The van der Waals surface area contributed by atoms with Gasteiger partial charge in [-0.1, -0.05) is 75.3 Å². The number of carboxylic acids is 1. The number of carbonyl (C=O) groups excluding carboxylic acids is 2. The highest BCUT2D eigenvalue weighted by molar-refractivity contribution is 5.75. The fraction of sp³-hybridized carbons (Fsp3) is 0.900. The summed E-state index contributed by atoms with van der Waals surface area (Å²) in [5.74, 6) is -1.11. The van der Waals surface area contributed by atoms with Gasteiger partial charge < -0.3 is 43.0 Å². The second kappa shape index (κ2) is 17.9. The van der Waals surface area contributed by atoms with E-state index in [-0.39, 0.29) is 64.6 Å². The van der Waals surface area contributed by atoms with Gasteiger partial charge in [0.15, 0.2) is 31.1 Å². The van der Waals surface area contributed by atoms with Crippen LogP contribution in [0.1, 0.15) is 160 Å². The van der Waals surface area contributed by atoms with E-state index in [4.69, 9.17) is 44.5 Å². The number of carbonyl (C=O) groups is 3. The van der Waals surface area contributed by atoms with Crippen LogP contribution in [0.15, 0.2) is 12.2 Å². The van der Waals surface area contributed by atoms with Gasteiger partial charge >= 0.3 is 17.9 Å². The molecule has 3 aliphatic heterocycles. The quantitative estimate of drug-likeness (QED) is 0.113. The van der Waals surface area contributed by atoms with Crippen LogP contribution >= 0.6 is 0 Å². The highest BCUT2D eigenvalue weighted by Gasteiger charge is 2.69. The van der Waals surface area contributed by atoms with Crippen molar-refractivity contribution in [3.05, 3.63) is 12.2 Å². The highest BCUT2D eigenvalue weighted by Crippen LogP contribution is 2.73. The maximum absolute atomic E-state index is 12.9. The minimum Gasteiger partial charge on any atom is -0.481 e. The number of hydrogen-bond acceptors (Lipinski definition) is 11. The molecule has 21 atom stereocenters. The van der Waals surface area contributed by atoms with E-state index in [0.717, 1.165) is 76.2 Å². The summed E-state index contributed by atoms with van der Waals surface area (Å²) in [6.45, 7) is 28.8. The Kier molecular flexibility index (Phi) is 13.9. The van der Waals surface area contributed by atoms with Gasteiger partial charge in [0.25, 0.3) is 0 Å². The molecule has 7 aliphatic rings. The van der Waals surface area contributed by atoms with Crippen molar-refractivity contribution in [3.8, 4) is 0 Å². The molecule has 0 aromatic carbocycles. The van der Waals surface area contributed by atoms with Crippen LogP contribution in [0, 0.1) is 57.7 Å². The van der Waals surface area contributed by atoms with Crippen molar-refractivity contribution < 1.29 is 57.4 Å². The Morgan fingerprint density at radius 1 is 0.661 bits per heavy atom. The largest absolute Gasteiger partial charge is 0.481 e. The van der Waals surface area contributed by atoms with Crippen molar-refractivity contribution >= 4 is 17.9 Å². The lowest BCUT2D eigenvalue weighted by Crippen LogP contribution is -2.64. The van der Waals surface area contributed by atoms with Crippen molar-refractivity contribution in [2.45, 2.75) is 227 Å². The molecule has 1 spiro atoms. The van der Waals surface area contributed by atoms with Gasteiger partial charge in [0.05, 0.1) is 35.4 Å². The van der Waals surface area contributed by atoms with E-state index in [1.165, 1.54) is 13.8 Å². The van der Waals surface area contributed by atoms with Crippen LogP contribution in [0.3, 0.4) is 0 Å². The molecule has 7 fully saturated rings. The van der Waals surface area contributed by atoms with Gasteiger partial charge in [-0.3, -0.25) is 14.4 Å². The third kappa shape index (κ3) is 8.13. The Balaban J connectivity index is 1.26. The smallest absolute Gasteiger partial charge is 0.309 e. The van der Waals surface area contributed by atoms with E-state index in [2.05, 4.69) is 62.3 Å². The van der Waals surface area contributed by atoms with Crippen molar-refractivity contribution in [2.75, 3.05) is 0 Å². The van der Waals surface area contributed by atoms with Crippen LogP contribution in [-0.4, -0.2) is 90.2 Å². The maximum atomic E-state index is 12.9. The van der Waals surface area contributed by atoms with Crippen molar-refractivity contribution in [2.24, 2.45) is 57.7 Å². The van der Waals surface area contributed by atoms with E-state index >= 15 is 0 Å². The molecule has 0 aromatic rings. The van der Waals surface area contributed by atoms with Crippen molar-refractivity contribution in [1.29, 1.82) is 0 Å². The average molecular weight is 873 g/mol. The number of rotatable bonds is 12. The minimum absolute atomic E-state index is 0.0460. The summed E-state index contributed by atoms with van der Waals surface area (Å²) in [7, 11) is 0. The molecule has 352 valence electrons.